The van der Waals surface area contributed by atoms with Crippen LogP contribution in [0.2, 0.25) is 0 Å². The first-order chi connectivity index (χ1) is 15.3. The molecule has 1 aliphatic carbocycles. The number of anilines is 1. The Bertz CT molecular complexity index is 1170. The van der Waals surface area contributed by atoms with Crippen LogP contribution >= 0.6 is 0 Å². The monoisotopic (exact) mass is 443 g/mol. The SMILES string of the molecule is CCN(CC(=O)Nc1ccccc1C(F)(F)F)C(=O)c1ccc2[nH]c3c(c2c1)CCCC3. The van der Waals surface area contributed by atoms with Crippen LogP contribution in [0.15, 0.2) is 42.5 Å². The van der Waals surface area contributed by atoms with Gasteiger partial charge in [0, 0.05) is 28.7 Å². The van der Waals surface area contributed by atoms with E-state index in [2.05, 4.69) is 10.3 Å². The van der Waals surface area contributed by atoms with E-state index in [4.69, 9.17) is 0 Å². The van der Waals surface area contributed by atoms with Crippen LogP contribution in [0.4, 0.5) is 18.9 Å². The summed E-state index contributed by atoms with van der Waals surface area (Å²) in [5.41, 5.74) is 2.64. The first-order valence-corrected chi connectivity index (χ1v) is 10.7. The topological polar surface area (TPSA) is 65.2 Å². The highest BCUT2D eigenvalue weighted by Gasteiger charge is 2.33. The van der Waals surface area contributed by atoms with Gasteiger partial charge in [-0.25, -0.2) is 0 Å². The standard InChI is InChI=1S/C24H24F3N3O2/c1-2-30(14-22(31)29-21-10-6-4-8-18(21)24(25,26)27)23(32)15-11-12-20-17(13-15)16-7-3-5-9-19(16)28-20/h4,6,8,10-13,28H,2-3,5,7,9,14H2,1H3,(H,29,31). The number of nitrogens with one attached hydrogen (secondary N) is 2. The van der Waals surface area contributed by atoms with Crippen LogP contribution in [0.3, 0.4) is 0 Å². The lowest BCUT2D eigenvalue weighted by Crippen LogP contribution is -2.38. The Morgan fingerprint density at radius 1 is 1.09 bits per heavy atom. The Morgan fingerprint density at radius 3 is 2.59 bits per heavy atom. The van der Waals surface area contributed by atoms with E-state index in [1.807, 2.05) is 12.1 Å². The summed E-state index contributed by atoms with van der Waals surface area (Å²) >= 11 is 0. The van der Waals surface area contributed by atoms with Crippen LogP contribution < -0.4 is 5.32 Å². The molecule has 1 heterocycles. The van der Waals surface area contributed by atoms with E-state index in [0.29, 0.717) is 5.56 Å². The van der Waals surface area contributed by atoms with Crippen LogP contribution in [0.1, 0.15) is 46.9 Å². The number of para-hydroxylation sites is 1. The number of carbonyl (C=O) groups excluding carboxylic acids is 2. The van der Waals surface area contributed by atoms with E-state index >= 15 is 0 Å². The van der Waals surface area contributed by atoms with Crippen molar-refractivity contribution in [3.05, 3.63) is 64.8 Å². The van der Waals surface area contributed by atoms with Crippen molar-refractivity contribution in [1.29, 1.82) is 0 Å². The molecule has 1 aromatic heterocycles. The number of hydrogen-bond acceptors (Lipinski definition) is 2. The summed E-state index contributed by atoms with van der Waals surface area (Å²) in [4.78, 5) is 30.3. The quantitative estimate of drug-likeness (QED) is 0.572. The van der Waals surface area contributed by atoms with Crippen LogP contribution in [-0.2, 0) is 23.8 Å². The fourth-order valence-electron chi connectivity index (χ4n) is 4.25. The lowest BCUT2D eigenvalue weighted by Gasteiger charge is -2.21. The highest BCUT2D eigenvalue weighted by molar-refractivity contribution is 6.02. The molecule has 0 aliphatic heterocycles. The molecule has 168 valence electrons. The van der Waals surface area contributed by atoms with Gasteiger partial charge in [0.15, 0.2) is 0 Å². The third kappa shape index (κ3) is 4.35. The zero-order valence-electron chi connectivity index (χ0n) is 17.7. The molecule has 0 atom stereocenters. The maximum absolute atomic E-state index is 13.2. The molecule has 2 N–H and O–H groups in total. The predicted molar refractivity (Wildman–Crippen MR) is 117 cm³/mol. The maximum atomic E-state index is 13.2. The lowest BCUT2D eigenvalue weighted by molar-refractivity contribution is -0.137. The molecule has 1 aliphatic rings. The number of aryl methyl sites for hydroxylation is 2. The minimum absolute atomic E-state index is 0.246. The number of carbonyl (C=O) groups is 2. The largest absolute Gasteiger partial charge is 0.418 e. The molecule has 0 radical (unpaired) electrons. The van der Waals surface area contributed by atoms with Crippen molar-refractivity contribution in [2.75, 3.05) is 18.4 Å². The second-order valence-electron chi connectivity index (χ2n) is 7.96. The van der Waals surface area contributed by atoms with E-state index in [0.717, 1.165) is 42.7 Å². The highest BCUT2D eigenvalue weighted by Crippen LogP contribution is 2.34. The van der Waals surface area contributed by atoms with E-state index in [1.165, 1.54) is 34.4 Å². The average molecular weight is 443 g/mol. The number of benzene rings is 2. The number of alkyl halides is 3. The number of fused-ring (bicyclic) bond motifs is 3. The third-order valence-electron chi connectivity index (χ3n) is 5.85. The fraction of sp³-hybridized carbons (Fsp3) is 0.333. The van der Waals surface area contributed by atoms with Gasteiger partial charge in [-0.3, -0.25) is 9.59 Å². The van der Waals surface area contributed by atoms with Gasteiger partial charge in [-0.05, 0) is 68.5 Å². The Morgan fingerprint density at radius 2 is 1.84 bits per heavy atom. The number of rotatable bonds is 5. The number of nitrogens with zero attached hydrogens (tertiary/aromatic N) is 1. The summed E-state index contributed by atoms with van der Waals surface area (Å²) < 4.78 is 39.5. The number of hydrogen-bond donors (Lipinski definition) is 2. The molecule has 0 fully saturated rings. The third-order valence-corrected chi connectivity index (χ3v) is 5.85. The zero-order chi connectivity index (χ0) is 22.9. The van der Waals surface area contributed by atoms with Crippen LogP contribution in [0.5, 0.6) is 0 Å². The van der Waals surface area contributed by atoms with E-state index < -0.39 is 17.6 Å². The molecule has 32 heavy (non-hydrogen) atoms. The maximum Gasteiger partial charge on any atom is 0.418 e. The number of aromatic nitrogens is 1. The van der Waals surface area contributed by atoms with Gasteiger partial charge < -0.3 is 15.2 Å². The first kappa shape index (κ1) is 21.9. The molecule has 0 unspecified atom stereocenters. The second kappa shape index (κ2) is 8.68. The summed E-state index contributed by atoms with van der Waals surface area (Å²) in [6.07, 6.45) is -0.380. The molecule has 4 rings (SSSR count). The normalized spacial score (nSPS) is 13.6. The minimum atomic E-state index is -4.59. The molecule has 2 amide bonds. The van der Waals surface area contributed by atoms with Gasteiger partial charge in [-0.2, -0.15) is 13.2 Å². The van der Waals surface area contributed by atoms with Gasteiger partial charge >= 0.3 is 6.18 Å². The Labute approximate surface area is 183 Å². The smallest absolute Gasteiger partial charge is 0.358 e. The van der Waals surface area contributed by atoms with Crippen molar-refractivity contribution in [2.45, 2.75) is 38.8 Å². The molecular formula is C24H24F3N3O2. The molecular weight excluding hydrogens is 419 g/mol. The summed E-state index contributed by atoms with van der Waals surface area (Å²) in [6, 6.07) is 10.2. The number of likely N-dealkylation sites (N-methyl/N-ethyl adjacent to an activating group) is 1. The summed E-state index contributed by atoms with van der Waals surface area (Å²) in [5.74, 6) is -1.02. The van der Waals surface area contributed by atoms with Gasteiger partial charge in [-0.1, -0.05) is 12.1 Å². The summed E-state index contributed by atoms with van der Waals surface area (Å²) in [5, 5.41) is 3.32. The van der Waals surface area contributed by atoms with Crippen LogP contribution in [0, 0.1) is 0 Å². The molecule has 0 spiro atoms. The minimum Gasteiger partial charge on any atom is -0.358 e. The molecule has 8 heteroatoms. The van der Waals surface area contributed by atoms with Gasteiger partial charge in [0.25, 0.3) is 5.91 Å². The predicted octanol–water partition coefficient (Wildman–Crippen LogP) is 5.17. The molecule has 5 nitrogen and oxygen atoms in total. The fourth-order valence-corrected chi connectivity index (χ4v) is 4.25. The lowest BCUT2D eigenvalue weighted by atomic mass is 9.95. The van der Waals surface area contributed by atoms with E-state index in [9.17, 15) is 22.8 Å². The number of aromatic amines is 1. The first-order valence-electron chi connectivity index (χ1n) is 10.7. The van der Waals surface area contributed by atoms with E-state index in [1.54, 1.807) is 13.0 Å². The highest BCUT2D eigenvalue weighted by atomic mass is 19.4. The Balaban J connectivity index is 1.52. The molecule has 0 saturated carbocycles. The van der Waals surface area contributed by atoms with Gasteiger partial charge in [0.05, 0.1) is 11.3 Å². The van der Waals surface area contributed by atoms with E-state index in [-0.39, 0.29) is 24.7 Å². The van der Waals surface area contributed by atoms with Crippen molar-refractivity contribution in [3.63, 3.8) is 0 Å². The molecule has 0 bridgehead atoms. The zero-order valence-corrected chi connectivity index (χ0v) is 17.7. The number of amides is 2. The van der Waals surface area contributed by atoms with Crippen molar-refractivity contribution < 1.29 is 22.8 Å². The molecule has 2 aromatic carbocycles. The second-order valence-corrected chi connectivity index (χ2v) is 7.96. The average Bonchev–Trinajstić information content (AvgIpc) is 3.14. The van der Waals surface area contributed by atoms with Crippen molar-refractivity contribution in [1.82, 2.24) is 9.88 Å². The molecule has 3 aromatic rings. The molecule has 0 saturated heterocycles. The number of H-pyrrole nitrogens is 1. The number of halogens is 3. The van der Waals surface area contributed by atoms with Crippen LogP contribution in [-0.4, -0.2) is 34.8 Å². The van der Waals surface area contributed by atoms with Gasteiger partial charge in [-0.15, -0.1) is 0 Å². The Kier molecular flexibility index (Phi) is 5.95. The van der Waals surface area contributed by atoms with Crippen LogP contribution in [0.25, 0.3) is 10.9 Å². The summed E-state index contributed by atoms with van der Waals surface area (Å²) in [6.45, 7) is 1.63. The van der Waals surface area contributed by atoms with Crippen molar-refractivity contribution >= 4 is 28.4 Å². The Hall–Kier alpha value is -3.29. The van der Waals surface area contributed by atoms with Gasteiger partial charge in [0.1, 0.15) is 6.54 Å². The van der Waals surface area contributed by atoms with Gasteiger partial charge in [0.2, 0.25) is 5.91 Å². The van der Waals surface area contributed by atoms with Crippen molar-refractivity contribution in [2.24, 2.45) is 0 Å². The van der Waals surface area contributed by atoms with Crippen molar-refractivity contribution in [3.8, 4) is 0 Å². The summed E-state index contributed by atoms with van der Waals surface area (Å²) in [7, 11) is 0.